The molecule has 1 aromatic rings. The van der Waals surface area contributed by atoms with E-state index in [4.69, 9.17) is 10.4 Å². The van der Waals surface area contributed by atoms with Gasteiger partial charge in [-0.2, -0.15) is 5.26 Å². The quantitative estimate of drug-likeness (QED) is 0.799. The molecule has 0 aromatic heterocycles. The number of carboxylic acids is 1. The van der Waals surface area contributed by atoms with Crippen LogP contribution in [-0.2, 0) is 15.1 Å². The smallest absolute Gasteiger partial charge is 0.326 e. The zero-order valence-electron chi connectivity index (χ0n) is 11.5. The van der Waals surface area contributed by atoms with Crippen molar-refractivity contribution >= 4 is 17.9 Å². The highest BCUT2D eigenvalue weighted by Crippen LogP contribution is 2.30. The van der Waals surface area contributed by atoms with Crippen molar-refractivity contribution in [2.75, 3.05) is 0 Å². The van der Waals surface area contributed by atoms with Gasteiger partial charge in [0.15, 0.2) is 0 Å². The topological polar surface area (TPSA) is 110 Å². The fourth-order valence-corrected chi connectivity index (χ4v) is 2.20. The van der Waals surface area contributed by atoms with Crippen LogP contribution in [0.2, 0.25) is 0 Å². The van der Waals surface area contributed by atoms with Crippen molar-refractivity contribution in [3.63, 3.8) is 0 Å². The molecule has 21 heavy (non-hydrogen) atoms. The Hall–Kier alpha value is -2.88. The molecule has 7 heteroatoms. The molecule has 1 fully saturated rings. The molecule has 108 valence electrons. The van der Waals surface area contributed by atoms with Crippen molar-refractivity contribution in [3.05, 3.63) is 35.4 Å². The number of carboxylic acid groups (broad SMARTS) is 1. The van der Waals surface area contributed by atoms with Gasteiger partial charge in [-0.1, -0.05) is 12.1 Å². The van der Waals surface area contributed by atoms with Crippen LogP contribution in [0.25, 0.3) is 0 Å². The Bertz CT molecular complexity index is 662. The second-order valence-electron chi connectivity index (χ2n) is 4.93. The first kappa shape index (κ1) is 14.5. The highest BCUT2D eigenvalue weighted by Gasteiger charge is 2.51. The zero-order valence-corrected chi connectivity index (χ0v) is 11.5. The standard InChI is InChI=1S/C14H13N3O4/c1-8(11(18)19)17-12(20)14(2,16-13(17)21)10-5-3-9(7-15)4-6-10/h3-6,8H,1-2H3,(H,16,21)(H,18,19)/t8-,14+/m0/s1. The minimum Gasteiger partial charge on any atom is -0.480 e. The summed E-state index contributed by atoms with van der Waals surface area (Å²) >= 11 is 0. The third kappa shape index (κ3) is 2.21. The van der Waals surface area contributed by atoms with Gasteiger partial charge in [0.05, 0.1) is 11.6 Å². The average Bonchev–Trinajstić information content (AvgIpc) is 2.69. The molecule has 0 bridgehead atoms. The zero-order chi connectivity index (χ0) is 15.8. The van der Waals surface area contributed by atoms with Crippen molar-refractivity contribution in [3.8, 4) is 6.07 Å². The van der Waals surface area contributed by atoms with E-state index in [-0.39, 0.29) is 0 Å². The number of aliphatic carboxylic acids is 1. The maximum atomic E-state index is 12.5. The summed E-state index contributed by atoms with van der Waals surface area (Å²) in [7, 11) is 0. The first-order valence-electron chi connectivity index (χ1n) is 6.20. The van der Waals surface area contributed by atoms with Gasteiger partial charge in [-0.3, -0.25) is 4.79 Å². The lowest BCUT2D eigenvalue weighted by Gasteiger charge is -2.23. The third-order valence-electron chi connectivity index (χ3n) is 3.56. The van der Waals surface area contributed by atoms with Crippen molar-refractivity contribution < 1.29 is 19.5 Å². The summed E-state index contributed by atoms with van der Waals surface area (Å²) in [5.74, 6) is -1.89. The molecule has 2 atom stereocenters. The van der Waals surface area contributed by atoms with Crippen LogP contribution in [0.15, 0.2) is 24.3 Å². The number of amides is 3. The monoisotopic (exact) mass is 287 g/mol. The summed E-state index contributed by atoms with van der Waals surface area (Å²) in [6, 6.07) is 6.14. The minimum atomic E-state index is -1.34. The number of urea groups is 1. The predicted octanol–water partition coefficient (Wildman–Crippen LogP) is 0.798. The Balaban J connectivity index is 2.40. The van der Waals surface area contributed by atoms with E-state index in [9.17, 15) is 14.4 Å². The fraction of sp³-hybridized carbons (Fsp3) is 0.286. The summed E-state index contributed by atoms with van der Waals surface area (Å²) in [5, 5.41) is 20.3. The lowest BCUT2D eigenvalue weighted by Crippen LogP contribution is -2.45. The van der Waals surface area contributed by atoms with Crippen LogP contribution in [0.1, 0.15) is 25.0 Å². The van der Waals surface area contributed by atoms with Crippen LogP contribution in [-0.4, -0.2) is 34.0 Å². The summed E-state index contributed by atoms with van der Waals surface area (Å²) in [6.07, 6.45) is 0. The SMILES string of the molecule is C[C@@H](C(=O)O)N1C(=O)N[C@](C)(c2ccc(C#N)cc2)C1=O. The van der Waals surface area contributed by atoms with Crippen molar-refractivity contribution in [1.29, 1.82) is 5.26 Å². The molecular weight excluding hydrogens is 274 g/mol. The molecule has 3 amide bonds. The highest BCUT2D eigenvalue weighted by atomic mass is 16.4. The first-order valence-corrected chi connectivity index (χ1v) is 6.20. The van der Waals surface area contributed by atoms with E-state index in [2.05, 4.69) is 5.32 Å². The van der Waals surface area contributed by atoms with E-state index in [0.717, 1.165) is 0 Å². The molecule has 1 aliphatic rings. The minimum absolute atomic E-state index is 0.426. The Kier molecular flexibility index (Phi) is 3.39. The van der Waals surface area contributed by atoms with Gasteiger partial charge in [-0.15, -0.1) is 0 Å². The molecule has 0 spiro atoms. The molecule has 1 saturated heterocycles. The van der Waals surface area contributed by atoms with Crippen molar-refractivity contribution in [2.24, 2.45) is 0 Å². The maximum Gasteiger partial charge on any atom is 0.326 e. The van der Waals surface area contributed by atoms with E-state index >= 15 is 0 Å². The third-order valence-corrected chi connectivity index (χ3v) is 3.56. The normalized spacial score (nSPS) is 22.6. The van der Waals surface area contributed by atoms with Crippen LogP contribution >= 0.6 is 0 Å². The lowest BCUT2D eigenvalue weighted by molar-refractivity contribution is -0.147. The van der Waals surface area contributed by atoms with Gasteiger partial charge in [-0.05, 0) is 31.5 Å². The summed E-state index contributed by atoms with van der Waals surface area (Å²) in [4.78, 5) is 36.1. The Morgan fingerprint density at radius 1 is 1.38 bits per heavy atom. The highest BCUT2D eigenvalue weighted by molar-refractivity contribution is 6.09. The van der Waals surface area contributed by atoms with Gasteiger partial charge in [0.25, 0.3) is 5.91 Å². The number of nitriles is 1. The predicted molar refractivity (Wildman–Crippen MR) is 71.0 cm³/mol. The fourth-order valence-electron chi connectivity index (χ4n) is 2.20. The number of rotatable bonds is 3. The molecule has 0 radical (unpaired) electrons. The maximum absolute atomic E-state index is 12.5. The number of nitrogens with zero attached hydrogens (tertiary/aromatic N) is 2. The van der Waals surface area contributed by atoms with Gasteiger partial charge in [-0.25, -0.2) is 14.5 Å². The molecule has 0 aliphatic carbocycles. The molecule has 2 rings (SSSR count). The van der Waals surface area contributed by atoms with Crippen molar-refractivity contribution in [1.82, 2.24) is 10.2 Å². The number of benzene rings is 1. The van der Waals surface area contributed by atoms with Gasteiger partial charge < -0.3 is 10.4 Å². The van der Waals surface area contributed by atoms with Crippen molar-refractivity contribution in [2.45, 2.75) is 25.4 Å². The van der Waals surface area contributed by atoms with Crippen LogP contribution in [0.4, 0.5) is 4.79 Å². The molecule has 2 N–H and O–H groups in total. The Labute approximate surface area is 120 Å². The van der Waals surface area contributed by atoms with Crippen LogP contribution in [0, 0.1) is 11.3 Å². The molecule has 7 nitrogen and oxygen atoms in total. The van der Waals surface area contributed by atoms with E-state index in [1.807, 2.05) is 6.07 Å². The summed E-state index contributed by atoms with van der Waals surface area (Å²) < 4.78 is 0. The van der Waals surface area contributed by atoms with Gasteiger partial charge in [0.2, 0.25) is 0 Å². The molecule has 1 aliphatic heterocycles. The average molecular weight is 287 g/mol. The molecule has 0 unspecified atom stereocenters. The van der Waals surface area contributed by atoms with Gasteiger partial charge in [0, 0.05) is 0 Å². The lowest BCUT2D eigenvalue weighted by atomic mass is 9.91. The second-order valence-corrected chi connectivity index (χ2v) is 4.93. The van der Waals surface area contributed by atoms with Gasteiger partial charge in [0.1, 0.15) is 11.6 Å². The number of hydrogen-bond donors (Lipinski definition) is 2. The van der Waals surface area contributed by atoms with E-state index < -0.39 is 29.5 Å². The molecule has 1 aromatic carbocycles. The molecule has 0 saturated carbocycles. The number of carbonyl (C=O) groups is 3. The number of imide groups is 1. The van der Waals surface area contributed by atoms with Gasteiger partial charge >= 0.3 is 12.0 Å². The van der Waals surface area contributed by atoms with E-state index in [1.165, 1.54) is 26.0 Å². The van der Waals surface area contributed by atoms with Crippen LogP contribution < -0.4 is 5.32 Å². The second kappa shape index (κ2) is 4.90. The largest absolute Gasteiger partial charge is 0.480 e. The summed E-state index contributed by atoms with van der Waals surface area (Å²) in [6.45, 7) is 2.77. The first-order chi connectivity index (χ1) is 9.81. The number of nitrogens with one attached hydrogen (secondary N) is 1. The number of hydrogen-bond acceptors (Lipinski definition) is 4. The molecule has 1 heterocycles. The van der Waals surface area contributed by atoms with Crippen LogP contribution in [0.3, 0.4) is 0 Å². The molecular formula is C14H13N3O4. The summed E-state index contributed by atoms with van der Waals surface area (Å²) in [5.41, 5.74) is -0.427. The van der Waals surface area contributed by atoms with E-state index in [0.29, 0.717) is 16.0 Å². The Morgan fingerprint density at radius 3 is 2.43 bits per heavy atom. The van der Waals surface area contributed by atoms with Crippen LogP contribution in [0.5, 0.6) is 0 Å². The Morgan fingerprint density at radius 2 is 1.95 bits per heavy atom. The number of carbonyl (C=O) groups excluding carboxylic acids is 2. The van der Waals surface area contributed by atoms with E-state index in [1.54, 1.807) is 12.1 Å².